The molecule has 194 valence electrons. The van der Waals surface area contributed by atoms with Gasteiger partial charge < -0.3 is 19.7 Å². The van der Waals surface area contributed by atoms with Gasteiger partial charge in [0.15, 0.2) is 6.04 Å². The Hall–Kier alpha value is -3.60. The van der Waals surface area contributed by atoms with Crippen LogP contribution in [-0.4, -0.2) is 63.6 Å². The fraction of sp³-hybridized carbons (Fsp3) is 0.520. The highest BCUT2D eigenvalue weighted by Gasteiger charge is 2.53. The molecule has 4 rings (SSSR count). The number of aromatic nitrogens is 2. The van der Waals surface area contributed by atoms with Crippen LogP contribution in [0.1, 0.15) is 62.5 Å². The average Bonchev–Trinajstić information content (AvgIpc) is 3.37. The van der Waals surface area contributed by atoms with Crippen LogP contribution in [0, 0.1) is 0 Å². The maximum Gasteiger partial charge on any atom is 0.407 e. The largest absolute Gasteiger partial charge is 0.467 e. The molecule has 2 aliphatic heterocycles. The Morgan fingerprint density at radius 2 is 1.92 bits per heavy atom. The molecule has 1 fully saturated rings. The van der Waals surface area contributed by atoms with Crippen LogP contribution in [0.4, 0.5) is 9.59 Å². The topological polar surface area (TPSA) is 115 Å². The van der Waals surface area contributed by atoms with Crippen molar-refractivity contribution in [3.05, 3.63) is 53.3 Å². The minimum absolute atomic E-state index is 0.230. The molecule has 2 atom stereocenters. The molecule has 0 spiro atoms. The summed E-state index contributed by atoms with van der Waals surface area (Å²) in [4.78, 5) is 45.2. The second kappa shape index (κ2) is 10.6. The summed E-state index contributed by atoms with van der Waals surface area (Å²) in [5.74, 6) is -0.527. The van der Waals surface area contributed by atoms with Crippen molar-refractivity contribution in [2.45, 2.75) is 64.4 Å². The molecule has 2 bridgehead atoms. The Bertz CT molecular complexity index is 1100. The van der Waals surface area contributed by atoms with Crippen molar-refractivity contribution in [2.75, 3.05) is 20.2 Å². The molecule has 1 aromatic carbocycles. The van der Waals surface area contributed by atoms with E-state index >= 15 is 0 Å². The highest BCUT2D eigenvalue weighted by atomic mass is 16.7. The number of nitrogens with zero attached hydrogens (tertiary/aromatic N) is 4. The van der Waals surface area contributed by atoms with E-state index in [1.165, 1.54) is 17.1 Å². The average molecular weight is 500 g/mol. The number of methoxy groups -OCH3 is 1. The van der Waals surface area contributed by atoms with E-state index < -0.39 is 23.7 Å². The lowest BCUT2D eigenvalue weighted by molar-refractivity contribution is -0.146. The summed E-state index contributed by atoms with van der Waals surface area (Å²) in [6, 6.07) is 7.92. The zero-order valence-corrected chi connectivity index (χ0v) is 21.1. The fourth-order valence-corrected chi connectivity index (χ4v) is 4.44. The van der Waals surface area contributed by atoms with Gasteiger partial charge in [0.25, 0.3) is 0 Å². The normalized spacial score (nSPS) is 18.7. The third-order valence-electron chi connectivity index (χ3n) is 6.03. The van der Waals surface area contributed by atoms with Gasteiger partial charge in [-0.25, -0.2) is 14.4 Å². The summed E-state index contributed by atoms with van der Waals surface area (Å²) >= 11 is 0. The zero-order chi connectivity index (χ0) is 25.9. The number of nitrogens with one attached hydrogen (secondary N) is 1. The van der Waals surface area contributed by atoms with Gasteiger partial charge in [0.05, 0.1) is 25.5 Å². The Morgan fingerprint density at radius 1 is 1.17 bits per heavy atom. The number of hydrogen-bond acceptors (Lipinski definition) is 7. The minimum atomic E-state index is -0.901. The molecular weight excluding hydrogens is 466 g/mol. The molecule has 3 amide bonds. The number of ether oxygens (including phenoxy) is 2. The minimum Gasteiger partial charge on any atom is -0.467 e. The van der Waals surface area contributed by atoms with Crippen molar-refractivity contribution >= 4 is 18.1 Å². The van der Waals surface area contributed by atoms with Gasteiger partial charge in [-0.1, -0.05) is 30.3 Å². The molecule has 2 aromatic rings. The second-order valence-electron chi connectivity index (χ2n) is 9.81. The number of carbonyl (C=O) groups excluding carboxylic acids is 3. The quantitative estimate of drug-likeness (QED) is 0.416. The highest BCUT2D eigenvalue weighted by Crippen LogP contribution is 2.44. The number of hydrogen-bond donors (Lipinski definition) is 1. The molecule has 1 saturated heterocycles. The van der Waals surface area contributed by atoms with Crippen LogP contribution < -0.4 is 5.32 Å². The van der Waals surface area contributed by atoms with Crippen molar-refractivity contribution in [1.29, 1.82) is 0 Å². The van der Waals surface area contributed by atoms with Gasteiger partial charge in [-0.15, -0.1) is 0 Å². The number of hydroxylamine groups is 2. The van der Waals surface area contributed by atoms with Gasteiger partial charge in [-0.3, -0.25) is 9.52 Å². The van der Waals surface area contributed by atoms with E-state index in [1.807, 2.05) is 51.1 Å². The molecule has 0 radical (unpaired) electrons. The molecule has 0 aliphatic carbocycles. The lowest BCUT2D eigenvalue weighted by Gasteiger charge is -2.29. The SMILES string of the molecule is COC(=O)[C@@H]1c2c(cnn2CCCCNC(=O)OC(C)(C)C)[C@@H]2CN1C(=O)N2OCc1ccccc1. The monoisotopic (exact) mass is 499 g/mol. The third kappa shape index (κ3) is 5.46. The highest BCUT2D eigenvalue weighted by molar-refractivity contribution is 5.87. The van der Waals surface area contributed by atoms with Gasteiger partial charge >= 0.3 is 18.1 Å². The van der Waals surface area contributed by atoms with Crippen LogP contribution >= 0.6 is 0 Å². The van der Waals surface area contributed by atoms with Crippen molar-refractivity contribution in [3.8, 4) is 0 Å². The van der Waals surface area contributed by atoms with E-state index in [1.54, 1.807) is 10.9 Å². The van der Waals surface area contributed by atoms with E-state index in [2.05, 4.69) is 10.4 Å². The molecule has 11 nitrogen and oxygen atoms in total. The van der Waals surface area contributed by atoms with Crippen LogP contribution in [-0.2, 0) is 32.3 Å². The van der Waals surface area contributed by atoms with Crippen molar-refractivity contribution in [3.63, 3.8) is 0 Å². The Kier molecular flexibility index (Phi) is 7.48. The first kappa shape index (κ1) is 25.5. The van der Waals surface area contributed by atoms with Gasteiger partial charge in [0, 0.05) is 18.7 Å². The van der Waals surface area contributed by atoms with Crippen molar-refractivity contribution in [2.24, 2.45) is 0 Å². The van der Waals surface area contributed by atoms with Crippen LogP contribution in [0.3, 0.4) is 0 Å². The maximum atomic E-state index is 13.2. The summed E-state index contributed by atoms with van der Waals surface area (Å²) in [7, 11) is 1.31. The Balaban J connectivity index is 1.44. The van der Waals surface area contributed by atoms with E-state index in [0.717, 1.165) is 11.1 Å². The Morgan fingerprint density at radius 3 is 2.61 bits per heavy atom. The summed E-state index contributed by atoms with van der Waals surface area (Å²) < 4.78 is 12.0. The Labute approximate surface area is 210 Å². The molecule has 0 saturated carbocycles. The molecule has 2 aliphatic rings. The maximum absolute atomic E-state index is 13.2. The molecular formula is C25H33N5O6. The van der Waals surface area contributed by atoms with Gasteiger partial charge in [-0.05, 0) is 39.2 Å². The van der Waals surface area contributed by atoms with Crippen molar-refractivity contribution in [1.82, 2.24) is 25.1 Å². The molecule has 1 aromatic heterocycles. The number of urea groups is 1. The van der Waals surface area contributed by atoms with Crippen LogP contribution in [0.2, 0.25) is 0 Å². The fourth-order valence-electron chi connectivity index (χ4n) is 4.44. The number of carbonyl (C=O) groups is 3. The lowest BCUT2D eigenvalue weighted by Crippen LogP contribution is -2.40. The summed E-state index contributed by atoms with van der Waals surface area (Å²) in [5, 5.41) is 8.60. The molecule has 11 heteroatoms. The summed E-state index contributed by atoms with van der Waals surface area (Å²) in [6.45, 7) is 6.94. The number of unbranched alkanes of at least 4 members (excludes halogenated alkanes) is 1. The number of alkyl carbamates (subject to hydrolysis) is 1. The first-order chi connectivity index (χ1) is 17.2. The standard InChI is InChI=1S/C25H33N5O6/c1-25(2,3)36-23(32)26-12-8-9-13-29-20-18(14-27-29)19-15-28(21(20)22(31)34-4)24(33)30(19)35-16-17-10-6-5-7-11-17/h5-7,10-11,14,19,21H,8-9,12-13,15-16H2,1-4H3,(H,26,32)/t19-,21-/m0/s1. The molecule has 1 N–H and O–H groups in total. The van der Waals surface area contributed by atoms with Gasteiger partial charge in [0.2, 0.25) is 0 Å². The van der Waals surface area contributed by atoms with Gasteiger partial charge in [0.1, 0.15) is 18.2 Å². The summed E-state index contributed by atoms with van der Waals surface area (Å²) in [6.07, 6.45) is 2.63. The van der Waals surface area contributed by atoms with E-state index in [0.29, 0.717) is 38.2 Å². The predicted molar refractivity (Wildman–Crippen MR) is 128 cm³/mol. The third-order valence-corrected chi connectivity index (χ3v) is 6.03. The summed E-state index contributed by atoms with van der Waals surface area (Å²) in [5.41, 5.74) is 1.79. The van der Waals surface area contributed by atoms with E-state index in [4.69, 9.17) is 14.3 Å². The number of aryl methyl sites for hydroxylation is 1. The van der Waals surface area contributed by atoms with Crippen LogP contribution in [0.25, 0.3) is 0 Å². The lowest BCUT2D eigenvalue weighted by atomic mass is 9.98. The van der Waals surface area contributed by atoms with Crippen LogP contribution in [0.15, 0.2) is 36.5 Å². The number of rotatable bonds is 9. The number of benzene rings is 1. The van der Waals surface area contributed by atoms with Gasteiger partial charge in [-0.2, -0.15) is 10.2 Å². The smallest absolute Gasteiger partial charge is 0.407 e. The van der Waals surface area contributed by atoms with E-state index in [9.17, 15) is 14.4 Å². The molecule has 0 unspecified atom stereocenters. The second-order valence-corrected chi connectivity index (χ2v) is 9.81. The zero-order valence-electron chi connectivity index (χ0n) is 21.1. The van der Waals surface area contributed by atoms with E-state index in [-0.39, 0.29) is 18.7 Å². The predicted octanol–water partition coefficient (Wildman–Crippen LogP) is 3.33. The molecule has 3 heterocycles. The first-order valence-corrected chi connectivity index (χ1v) is 12.1. The van der Waals surface area contributed by atoms with Crippen molar-refractivity contribution < 1.29 is 28.7 Å². The first-order valence-electron chi connectivity index (χ1n) is 12.1. The number of amides is 3. The number of fused-ring (bicyclic) bond motifs is 4. The number of esters is 1. The molecule has 36 heavy (non-hydrogen) atoms. The van der Waals surface area contributed by atoms with Crippen LogP contribution in [0.5, 0.6) is 0 Å².